The quantitative estimate of drug-likeness (QED) is 0.561. The van der Waals surface area contributed by atoms with Crippen LogP contribution < -0.4 is 10.3 Å². The topological polar surface area (TPSA) is 67.7 Å². The predicted octanol–water partition coefficient (Wildman–Crippen LogP) is 2.78. The lowest BCUT2D eigenvalue weighted by Crippen LogP contribution is -2.50. The van der Waals surface area contributed by atoms with Crippen molar-refractivity contribution < 1.29 is 9.53 Å². The molecule has 33 heavy (non-hydrogen) atoms. The minimum atomic E-state index is -0.287. The molecule has 0 spiro atoms. The van der Waals surface area contributed by atoms with Gasteiger partial charge in [0.05, 0.1) is 12.8 Å². The van der Waals surface area contributed by atoms with Crippen LogP contribution in [-0.2, 0) is 11.3 Å². The smallest absolute Gasteiger partial charge is 0.267 e. The van der Waals surface area contributed by atoms with Crippen LogP contribution in [0.4, 0.5) is 0 Å². The van der Waals surface area contributed by atoms with Crippen LogP contribution in [0.25, 0.3) is 17.3 Å². The third-order valence-corrected chi connectivity index (χ3v) is 5.74. The largest absolute Gasteiger partial charge is 0.497 e. The summed E-state index contributed by atoms with van der Waals surface area (Å²) in [6.07, 6.45) is 4.27. The van der Waals surface area contributed by atoms with Gasteiger partial charge in [0.2, 0.25) is 5.91 Å². The first-order valence-corrected chi connectivity index (χ1v) is 11.1. The van der Waals surface area contributed by atoms with E-state index in [1.54, 1.807) is 13.2 Å². The number of piperazine rings is 1. The SMILES string of the molecule is COc1ccc(-c2ccc(=O)n(CC(=O)N3CCN(C/C=C/c4ccccc4)CC3)n2)cc1. The average molecular weight is 445 g/mol. The Morgan fingerprint density at radius 1 is 0.970 bits per heavy atom. The number of rotatable bonds is 7. The zero-order valence-corrected chi connectivity index (χ0v) is 18.8. The van der Waals surface area contributed by atoms with Gasteiger partial charge in [-0.05, 0) is 35.9 Å². The number of ether oxygens (including phenoxy) is 1. The molecular formula is C26H28N4O3. The molecule has 1 aliphatic rings. The molecular weight excluding hydrogens is 416 g/mol. The first-order valence-electron chi connectivity index (χ1n) is 11.1. The lowest BCUT2D eigenvalue weighted by Gasteiger charge is -2.34. The zero-order valence-electron chi connectivity index (χ0n) is 18.8. The van der Waals surface area contributed by atoms with Crippen molar-refractivity contribution >= 4 is 12.0 Å². The summed E-state index contributed by atoms with van der Waals surface area (Å²) in [6, 6.07) is 20.8. The van der Waals surface area contributed by atoms with Gasteiger partial charge < -0.3 is 9.64 Å². The Bertz CT molecular complexity index is 1150. The van der Waals surface area contributed by atoms with Crippen LogP contribution in [-0.4, -0.2) is 65.3 Å². The molecule has 3 aromatic rings. The van der Waals surface area contributed by atoms with Gasteiger partial charge in [-0.15, -0.1) is 0 Å². The first-order chi connectivity index (χ1) is 16.1. The Kier molecular flexibility index (Phi) is 7.32. The Hall–Kier alpha value is -3.71. The molecule has 7 nitrogen and oxygen atoms in total. The molecule has 2 aromatic carbocycles. The van der Waals surface area contributed by atoms with Crippen LogP contribution in [0.5, 0.6) is 5.75 Å². The number of benzene rings is 2. The molecule has 0 radical (unpaired) electrons. The van der Waals surface area contributed by atoms with E-state index < -0.39 is 0 Å². The average Bonchev–Trinajstić information content (AvgIpc) is 2.86. The van der Waals surface area contributed by atoms with E-state index in [4.69, 9.17) is 4.74 Å². The maximum atomic E-state index is 12.8. The molecule has 0 aliphatic carbocycles. The molecule has 1 saturated heterocycles. The zero-order chi connectivity index (χ0) is 23.0. The van der Waals surface area contributed by atoms with Crippen LogP contribution in [0, 0.1) is 0 Å². The van der Waals surface area contributed by atoms with E-state index >= 15 is 0 Å². The number of amides is 1. The molecule has 1 aromatic heterocycles. The van der Waals surface area contributed by atoms with Crippen LogP contribution in [0.1, 0.15) is 5.56 Å². The lowest BCUT2D eigenvalue weighted by atomic mass is 10.1. The molecule has 7 heteroatoms. The van der Waals surface area contributed by atoms with Gasteiger partial charge >= 0.3 is 0 Å². The number of aromatic nitrogens is 2. The van der Waals surface area contributed by atoms with Gasteiger partial charge in [0.1, 0.15) is 12.3 Å². The summed E-state index contributed by atoms with van der Waals surface area (Å²) >= 11 is 0. The summed E-state index contributed by atoms with van der Waals surface area (Å²) in [6.45, 7) is 3.69. The van der Waals surface area contributed by atoms with Gasteiger partial charge in [0, 0.05) is 44.4 Å². The van der Waals surface area contributed by atoms with Gasteiger partial charge in [-0.25, -0.2) is 4.68 Å². The molecule has 0 bridgehead atoms. The Morgan fingerprint density at radius 2 is 1.70 bits per heavy atom. The summed E-state index contributed by atoms with van der Waals surface area (Å²) in [7, 11) is 1.61. The van der Waals surface area contributed by atoms with E-state index in [0.29, 0.717) is 18.8 Å². The van der Waals surface area contributed by atoms with Crippen molar-refractivity contribution in [1.82, 2.24) is 19.6 Å². The minimum absolute atomic E-state index is 0.0588. The minimum Gasteiger partial charge on any atom is -0.497 e. The second-order valence-electron chi connectivity index (χ2n) is 7.94. The fourth-order valence-corrected chi connectivity index (χ4v) is 3.79. The van der Waals surface area contributed by atoms with Gasteiger partial charge in [-0.2, -0.15) is 5.10 Å². The summed E-state index contributed by atoms with van der Waals surface area (Å²) in [5.41, 5.74) is 2.39. The molecule has 0 atom stereocenters. The van der Waals surface area contributed by atoms with E-state index in [-0.39, 0.29) is 18.0 Å². The third kappa shape index (κ3) is 5.96. The number of methoxy groups -OCH3 is 1. The van der Waals surface area contributed by atoms with Crippen LogP contribution >= 0.6 is 0 Å². The first kappa shape index (κ1) is 22.5. The van der Waals surface area contributed by atoms with E-state index in [1.165, 1.54) is 16.3 Å². The van der Waals surface area contributed by atoms with Crippen molar-refractivity contribution in [3.63, 3.8) is 0 Å². The number of nitrogens with zero attached hydrogens (tertiary/aromatic N) is 4. The highest BCUT2D eigenvalue weighted by atomic mass is 16.5. The van der Waals surface area contributed by atoms with Crippen LogP contribution in [0.2, 0.25) is 0 Å². The number of hydrogen-bond donors (Lipinski definition) is 0. The standard InChI is InChI=1S/C26H28N4O3/c1-33-23-11-9-22(10-12-23)24-13-14-25(31)30(27-24)20-26(32)29-18-16-28(17-19-29)15-5-8-21-6-3-2-4-7-21/h2-14H,15-20H2,1H3/b8-5+. The van der Waals surface area contributed by atoms with Crippen molar-refractivity contribution in [2.24, 2.45) is 0 Å². The normalized spacial score (nSPS) is 14.5. The van der Waals surface area contributed by atoms with Gasteiger partial charge in [0.15, 0.2) is 0 Å². The summed E-state index contributed by atoms with van der Waals surface area (Å²) in [5.74, 6) is 0.660. The fraction of sp³-hybridized carbons (Fsp3) is 0.269. The third-order valence-electron chi connectivity index (χ3n) is 5.74. The Morgan fingerprint density at radius 3 is 2.39 bits per heavy atom. The van der Waals surface area contributed by atoms with Crippen molar-refractivity contribution in [2.45, 2.75) is 6.54 Å². The molecule has 170 valence electrons. The monoisotopic (exact) mass is 444 g/mol. The predicted molar refractivity (Wildman–Crippen MR) is 129 cm³/mol. The van der Waals surface area contributed by atoms with Crippen molar-refractivity contribution in [3.05, 3.63) is 88.7 Å². The van der Waals surface area contributed by atoms with Crippen molar-refractivity contribution in [2.75, 3.05) is 39.8 Å². The van der Waals surface area contributed by atoms with E-state index in [1.807, 2.05) is 47.4 Å². The summed E-state index contributed by atoms with van der Waals surface area (Å²) in [5, 5.41) is 4.41. The van der Waals surface area contributed by atoms with Gasteiger partial charge in [-0.1, -0.05) is 42.5 Å². The van der Waals surface area contributed by atoms with Crippen molar-refractivity contribution in [1.29, 1.82) is 0 Å². The number of carbonyl (C=O) groups is 1. The maximum absolute atomic E-state index is 12.8. The van der Waals surface area contributed by atoms with Crippen LogP contribution in [0.15, 0.2) is 77.6 Å². The van der Waals surface area contributed by atoms with E-state index in [0.717, 1.165) is 30.9 Å². The molecule has 4 rings (SSSR count). The van der Waals surface area contributed by atoms with Crippen molar-refractivity contribution in [3.8, 4) is 17.0 Å². The number of carbonyl (C=O) groups excluding carboxylic acids is 1. The van der Waals surface area contributed by atoms with E-state index in [9.17, 15) is 9.59 Å². The highest BCUT2D eigenvalue weighted by Crippen LogP contribution is 2.19. The molecule has 1 amide bonds. The molecule has 0 saturated carbocycles. The summed E-state index contributed by atoms with van der Waals surface area (Å²) < 4.78 is 6.43. The van der Waals surface area contributed by atoms with Crippen LogP contribution in [0.3, 0.4) is 0 Å². The molecule has 0 unspecified atom stereocenters. The maximum Gasteiger partial charge on any atom is 0.267 e. The van der Waals surface area contributed by atoms with E-state index in [2.05, 4.69) is 34.3 Å². The second kappa shape index (κ2) is 10.7. The fourth-order valence-electron chi connectivity index (χ4n) is 3.79. The molecule has 2 heterocycles. The Balaban J connectivity index is 1.32. The Labute approximate surface area is 193 Å². The molecule has 0 N–H and O–H groups in total. The number of hydrogen-bond acceptors (Lipinski definition) is 5. The lowest BCUT2D eigenvalue weighted by molar-refractivity contribution is -0.133. The highest BCUT2D eigenvalue weighted by Gasteiger charge is 2.21. The molecule has 1 aliphatic heterocycles. The summed E-state index contributed by atoms with van der Waals surface area (Å²) in [4.78, 5) is 29.3. The van der Waals surface area contributed by atoms with Gasteiger partial charge in [0.25, 0.3) is 5.56 Å². The highest BCUT2D eigenvalue weighted by molar-refractivity contribution is 5.76. The molecule has 1 fully saturated rings. The second-order valence-corrected chi connectivity index (χ2v) is 7.94. The van der Waals surface area contributed by atoms with Gasteiger partial charge in [-0.3, -0.25) is 14.5 Å².